The third-order valence-corrected chi connectivity index (χ3v) is 2.16. The highest BCUT2D eigenvalue weighted by Crippen LogP contribution is 2.26. The molecule has 1 heterocycles. The van der Waals surface area contributed by atoms with Crippen LogP contribution in [-0.4, -0.2) is 9.97 Å². The smallest absolute Gasteiger partial charge is 0.263 e. The van der Waals surface area contributed by atoms with E-state index in [1.54, 1.807) is 0 Å². The SMILES string of the molecule is Nc1cnc(-c2cc(C(F)F)ccc2F)nc1. The van der Waals surface area contributed by atoms with Crippen molar-refractivity contribution >= 4 is 5.69 Å². The van der Waals surface area contributed by atoms with E-state index >= 15 is 0 Å². The molecule has 0 atom stereocenters. The monoisotopic (exact) mass is 239 g/mol. The Hall–Kier alpha value is -2.11. The summed E-state index contributed by atoms with van der Waals surface area (Å²) in [5.41, 5.74) is 5.36. The maximum absolute atomic E-state index is 13.5. The standard InChI is InChI=1S/C11H8F3N3/c12-9-2-1-6(10(13)14)3-8(9)11-16-4-7(15)5-17-11/h1-5,10H,15H2. The summed E-state index contributed by atoms with van der Waals surface area (Å²) in [6, 6.07) is 3.03. The lowest BCUT2D eigenvalue weighted by molar-refractivity contribution is 0.151. The van der Waals surface area contributed by atoms with Crippen LogP contribution in [0.1, 0.15) is 12.0 Å². The van der Waals surface area contributed by atoms with Crippen LogP contribution in [0.15, 0.2) is 30.6 Å². The van der Waals surface area contributed by atoms with Crippen molar-refractivity contribution in [2.24, 2.45) is 0 Å². The van der Waals surface area contributed by atoms with E-state index in [1.165, 1.54) is 12.4 Å². The molecule has 6 heteroatoms. The lowest BCUT2D eigenvalue weighted by atomic mass is 10.1. The van der Waals surface area contributed by atoms with Crippen LogP contribution in [0.4, 0.5) is 18.9 Å². The first-order chi connectivity index (χ1) is 8.08. The molecule has 3 nitrogen and oxygen atoms in total. The first-order valence-electron chi connectivity index (χ1n) is 4.73. The van der Waals surface area contributed by atoms with Gasteiger partial charge in [-0.05, 0) is 12.1 Å². The number of benzene rings is 1. The number of hydrogen-bond donors (Lipinski definition) is 1. The predicted molar refractivity (Wildman–Crippen MR) is 56.8 cm³/mol. The molecule has 1 aromatic carbocycles. The molecule has 2 aromatic rings. The number of alkyl halides is 2. The molecule has 0 aliphatic rings. The summed E-state index contributed by atoms with van der Waals surface area (Å²) in [5, 5.41) is 0. The van der Waals surface area contributed by atoms with Gasteiger partial charge in [0.2, 0.25) is 0 Å². The third kappa shape index (κ3) is 2.35. The minimum absolute atomic E-state index is 0.0270. The zero-order chi connectivity index (χ0) is 12.4. The molecule has 0 aliphatic carbocycles. The number of halogens is 3. The Labute approximate surface area is 95.1 Å². The van der Waals surface area contributed by atoms with Crippen molar-refractivity contribution in [3.63, 3.8) is 0 Å². The fourth-order valence-electron chi connectivity index (χ4n) is 1.33. The molecule has 0 saturated heterocycles. The molecule has 2 N–H and O–H groups in total. The highest BCUT2D eigenvalue weighted by atomic mass is 19.3. The van der Waals surface area contributed by atoms with Crippen LogP contribution in [0.2, 0.25) is 0 Å². The van der Waals surface area contributed by atoms with E-state index in [1.807, 2.05) is 0 Å². The van der Waals surface area contributed by atoms with Crippen molar-refractivity contribution < 1.29 is 13.2 Å². The van der Waals surface area contributed by atoms with Crippen molar-refractivity contribution in [1.82, 2.24) is 9.97 Å². The van der Waals surface area contributed by atoms with Gasteiger partial charge in [-0.3, -0.25) is 0 Å². The third-order valence-electron chi connectivity index (χ3n) is 2.16. The minimum Gasteiger partial charge on any atom is -0.396 e. The lowest BCUT2D eigenvalue weighted by Gasteiger charge is -2.05. The molecular formula is C11H8F3N3. The number of nitrogens with two attached hydrogens (primary N) is 1. The van der Waals surface area contributed by atoms with Crippen molar-refractivity contribution in [3.05, 3.63) is 42.0 Å². The van der Waals surface area contributed by atoms with Gasteiger partial charge in [-0.25, -0.2) is 23.1 Å². The second-order valence-corrected chi connectivity index (χ2v) is 3.38. The number of nitrogens with zero attached hydrogens (tertiary/aromatic N) is 2. The van der Waals surface area contributed by atoms with Gasteiger partial charge in [0.15, 0.2) is 5.82 Å². The van der Waals surface area contributed by atoms with E-state index in [4.69, 9.17) is 5.73 Å². The molecule has 0 unspecified atom stereocenters. The highest BCUT2D eigenvalue weighted by molar-refractivity contribution is 5.57. The Morgan fingerprint density at radius 1 is 1.12 bits per heavy atom. The Bertz CT molecular complexity index is 526. The zero-order valence-corrected chi connectivity index (χ0v) is 8.57. The van der Waals surface area contributed by atoms with Gasteiger partial charge in [-0.1, -0.05) is 6.07 Å². The molecule has 0 bridgehead atoms. The summed E-state index contributed by atoms with van der Waals surface area (Å²) >= 11 is 0. The fourth-order valence-corrected chi connectivity index (χ4v) is 1.33. The topological polar surface area (TPSA) is 51.8 Å². The zero-order valence-electron chi connectivity index (χ0n) is 8.57. The van der Waals surface area contributed by atoms with Crippen LogP contribution in [0.25, 0.3) is 11.4 Å². The Morgan fingerprint density at radius 3 is 2.35 bits per heavy atom. The van der Waals surface area contributed by atoms with Crippen molar-refractivity contribution in [3.8, 4) is 11.4 Å². The lowest BCUT2D eigenvalue weighted by Crippen LogP contribution is -1.96. The largest absolute Gasteiger partial charge is 0.396 e. The second-order valence-electron chi connectivity index (χ2n) is 3.38. The molecule has 0 radical (unpaired) electrons. The Balaban J connectivity index is 2.50. The summed E-state index contributed by atoms with van der Waals surface area (Å²) < 4.78 is 38.4. The minimum atomic E-state index is -2.66. The summed E-state index contributed by atoms with van der Waals surface area (Å²) in [6.45, 7) is 0. The van der Waals surface area contributed by atoms with Crippen LogP contribution < -0.4 is 5.73 Å². The van der Waals surface area contributed by atoms with Crippen LogP contribution in [-0.2, 0) is 0 Å². The fraction of sp³-hybridized carbons (Fsp3) is 0.0909. The summed E-state index contributed by atoms with van der Waals surface area (Å²) in [7, 11) is 0. The average molecular weight is 239 g/mol. The highest BCUT2D eigenvalue weighted by Gasteiger charge is 2.13. The van der Waals surface area contributed by atoms with Gasteiger partial charge >= 0.3 is 0 Å². The normalized spacial score (nSPS) is 10.8. The molecule has 0 aliphatic heterocycles. The average Bonchev–Trinajstić information content (AvgIpc) is 2.31. The van der Waals surface area contributed by atoms with Gasteiger partial charge in [-0.2, -0.15) is 0 Å². The molecule has 0 fully saturated rings. The van der Waals surface area contributed by atoms with Crippen molar-refractivity contribution in [2.75, 3.05) is 5.73 Å². The number of aromatic nitrogens is 2. The summed E-state index contributed by atoms with van der Waals surface area (Å²) in [6.07, 6.45) is -0.0867. The summed E-state index contributed by atoms with van der Waals surface area (Å²) in [4.78, 5) is 7.58. The second kappa shape index (κ2) is 4.40. The van der Waals surface area contributed by atoms with E-state index in [-0.39, 0.29) is 17.0 Å². The van der Waals surface area contributed by atoms with Crippen LogP contribution >= 0.6 is 0 Å². The summed E-state index contributed by atoms with van der Waals surface area (Å²) in [5.74, 6) is -0.627. The quantitative estimate of drug-likeness (QED) is 0.876. The number of nitrogen functional groups attached to an aromatic ring is 1. The van der Waals surface area contributed by atoms with Crippen LogP contribution in [0.5, 0.6) is 0 Å². The molecular weight excluding hydrogens is 231 g/mol. The number of rotatable bonds is 2. The van der Waals surface area contributed by atoms with E-state index in [0.717, 1.165) is 18.2 Å². The molecule has 2 rings (SSSR count). The van der Waals surface area contributed by atoms with Gasteiger partial charge in [0.25, 0.3) is 6.43 Å². The molecule has 0 saturated carbocycles. The van der Waals surface area contributed by atoms with Crippen LogP contribution in [0.3, 0.4) is 0 Å². The van der Waals surface area contributed by atoms with Gasteiger partial charge in [0.1, 0.15) is 5.82 Å². The van der Waals surface area contributed by atoms with Gasteiger partial charge in [0, 0.05) is 5.56 Å². The van der Waals surface area contributed by atoms with Gasteiger partial charge in [0.05, 0.1) is 23.6 Å². The van der Waals surface area contributed by atoms with E-state index in [9.17, 15) is 13.2 Å². The number of hydrogen-bond acceptors (Lipinski definition) is 3. The maximum Gasteiger partial charge on any atom is 0.263 e. The Morgan fingerprint density at radius 2 is 1.76 bits per heavy atom. The van der Waals surface area contributed by atoms with E-state index in [0.29, 0.717) is 5.69 Å². The first-order valence-corrected chi connectivity index (χ1v) is 4.73. The van der Waals surface area contributed by atoms with Crippen LogP contribution in [0, 0.1) is 5.82 Å². The molecule has 0 amide bonds. The van der Waals surface area contributed by atoms with Gasteiger partial charge < -0.3 is 5.73 Å². The van der Waals surface area contributed by atoms with Crippen molar-refractivity contribution in [1.29, 1.82) is 0 Å². The van der Waals surface area contributed by atoms with E-state index in [2.05, 4.69) is 9.97 Å². The molecule has 17 heavy (non-hydrogen) atoms. The van der Waals surface area contributed by atoms with Crippen molar-refractivity contribution in [2.45, 2.75) is 6.43 Å². The molecule has 1 aromatic heterocycles. The number of anilines is 1. The van der Waals surface area contributed by atoms with E-state index < -0.39 is 12.2 Å². The predicted octanol–water partition coefficient (Wildman–Crippen LogP) is 2.80. The van der Waals surface area contributed by atoms with Gasteiger partial charge in [-0.15, -0.1) is 0 Å². The Kier molecular flexibility index (Phi) is 2.95. The molecule has 88 valence electrons. The maximum atomic E-state index is 13.5. The first kappa shape index (κ1) is 11.4. The molecule has 0 spiro atoms.